The summed E-state index contributed by atoms with van der Waals surface area (Å²) in [5.74, 6) is -1.81. The summed E-state index contributed by atoms with van der Waals surface area (Å²) in [6, 6.07) is 16.6. The molecule has 2 N–H and O–H groups in total. The minimum atomic E-state index is -0.829. The standard InChI is InChI=1S/C23H18ClNO4S/c24-15-9-11-17(26)16(13-15)25-21(19-7-4-12-30-19)20(22(28)23(25)29)18(27)10-8-14-5-2-1-3-6-14/h1-7,9,11-13,21,26,28H,8,10H2. The molecule has 30 heavy (non-hydrogen) atoms. The van der Waals surface area contributed by atoms with Gasteiger partial charge in [-0.2, -0.15) is 0 Å². The summed E-state index contributed by atoms with van der Waals surface area (Å²) in [5, 5.41) is 23.2. The highest BCUT2D eigenvalue weighted by Crippen LogP contribution is 2.46. The number of aryl methyl sites for hydroxylation is 1. The molecule has 0 bridgehead atoms. The van der Waals surface area contributed by atoms with Gasteiger partial charge in [0.1, 0.15) is 11.8 Å². The van der Waals surface area contributed by atoms with E-state index in [4.69, 9.17) is 11.6 Å². The summed E-state index contributed by atoms with van der Waals surface area (Å²) in [6.45, 7) is 0. The lowest BCUT2D eigenvalue weighted by molar-refractivity contribution is -0.118. The maximum Gasteiger partial charge on any atom is 0.294 e. The SMILES string of the molecule is O=C(CCc1ccccc1)C1=C(O)C(=O)N(c2cc(Cl)ccc2O)C1c1cccs1. The minimum Gasteiger partial charge on any atom is -0.506 e. The number of benzene rings is 2. The number of thiophene rings is 1. The highest BCUT2D eigenvalue weighted by molar-refractivity contribution is 7.10. The Kier molecular flexibility index (Phi) is 5.61. The van der Waals surface area contributed by atoms with Crippen LogP contribution in [0.25, 0.3) is 0 Å². The van der Waals surface area contributed by atoms with Gasteiger partial charge in [0.15, 0.2) is 11.5 Å². The first-order chi connectivity index (χ1) is 14.5. The summed E-state index contributed by atoms with van der Waals surface area (Å²) < 4.78 is 0. The van der Waals surface area contributed by atoms with Crippen LogP contribution in [0.1, 0.15) is 22.9 Å². The Morgan fingerprint density at radius 2 is 1.83 bits per heavy atom. The molecule has 0 aliphatic carbocycles. The summed E-state index contributed by atoms with van der Waals surface area (Å²) in [6.07, 6.45) is 0.637. The number of hydrogen-bond donors (Lipinski definition) is 2. The Balaban J connectivity index is 1.72. The fourth-order valence-corrected chi connectivity index (χ4v) is 4.57. The van der Waals surface area contributed by atoms with Gasteiger partial charge in [-0.15, -0.1) is 11.3 Å². The number of rotatable bonds is 6. The van der Waals surface area contributed by atoms with Crippen LogP contribution in [0.15, 0.2) is 77.4 Å². The molecule has 1 atom stereocenters. The topological polar surface area (TPSA) is 77.8 Å². The first-order valence-electron chi connectivity index (χ1n) is 9.33. The molecule has 2 aromatic carbocycles. The average Bonchev–Trinajstić information content (AvgIpc) is 3.36. The first-order valence-corrected chi connectivity index (χ1v) is 10.6. The zero-order valence-electron chi connectivity index (χ0n) is 15.8. The lowest BCUT2D eigenvalue weighted by Gasteiger charge is -2.26. The Morgan fingerprint density at radius 1 is 1.07 bits per heavy atom. The molecule has 0 saturated carbocycles. The number of carbonyl (C=O) groups is 2. The van der Waals surface area contributed by atoms with Gasteiger partial charge in [0, 0.05) is 16.3 Å². The third-order valence-electron chi connectivity index (χ3n) is 5.00. The highest BCUT2D eigenvalue weighted by atomic mass is 35.5. The van der Waals surface area contributed by atoms with Gasteiger partial charge in [0.2, 0.25) is 0 Å². The zero-order chi connectivity index (χ0) is 21.3. The van der Waals surface area contributed by atoms with Gasteiger partial charge in [0.25, 0.3) is 5.91 Å². The van der Waals surface area contributed by atoms with Crippen molar-refractivity contribution in [1.82, 2.24) is 0 Å². The number of phenolic OH excluding ortho intramolecular Hbond substituents is 1. The van der Waals surface area contributed by atoms with Gasteiger partial charge >= 0.3 is 0 Å². The zero-order valence-corrected chi connectivity index (χ0v) is 17.4. The van der Waals surface area contributed by atoms with Gasteiger partial charge < -0.3 is 10.2 Å². The molecule has 0 radical (unpaired) electrons. The fourth-order valence-electron chi connectivity index (χ4n) is 3.58. The van der Waals surface area contributed by atoms with Crippen LogP contribution in [-0.4, -0.2) is 21.9 Å². The number of Topliss-reactive ketones (excluding diaryl/α,β-unsaturated/α-hetero) is 1. The number of amides is 1. The summed E-state index contributed by atoms with van der Waals surface area (Å²) >= 11 is 7.44. The molecule has 1 aliphatic heterocycles. The van der Waals surface area contributed by atoms with Crippen molar-refractivity contribution in [3.8, 4) is 5.75 Å². The van der Waals surface area contributed by atoms with E-state index in [9.17, 15) is 19.8 Å². The Hall–Kier alpha value is -3.09. The number of aliphatic hydroxyl groups is 1. The number of aromatic hydroxyl groups is 1. The molecule has 7 heteroatoms. The van der Waals surface area contributed by atoms with Crippen molar-refractivity contribution in [2.75, 3.05) is 4.90 Å². The van der Waals surface area contributed by atoms with Gasteiger partial charge in [0.05, 0.1) is 11.3 Å². The van der Waals surface area contributed by atoms with Crippen molar-refractivity contribution < 1.29 is 19.8 Å². The molecule has 3 aromatic rings. The molecule has 0 spiro atoms. The number of phenols is 1. The van der Waals surface area contributed by atoms with Crippen LogP contribution in [0.3, 0.4) is 0 Å². The second kappa shape index (κ2) is 8.34. The number of nitrogens with zero attached hydrogens (tertiary/aromatic N) is 1. The van der Waals surface area contributed by atoms with Crippen LogP contribution in [-0.2, 0) is 16.0 Å². The van der Waals surface area contributed by atoms with E-state index in [0.717, 1.165) is 5.56 Å². The quantitative estimate of drug-likeness (QED) is 0.552. The van der Waals surface area contributed by atoms with Gasteiger partial charge in [-0.1, -0.05) is 48.0 Å². The summed E-state index contributed by atoms with van der Waals surface area (Å²) in [7, 11) is 0. The smallest absolute Gasteiger partial charge is 0.294 e. The Bertz CT molecular complexity index is 1130. The van der Waals surface area contributed by atoms with Crippen LogP contribution in [0.4, 0.5) is 5.69 Å². The monoisotopic (exact) mass is 439 g/mol. The van der Waals surface area contributed by atoms with E-state index in [2.05, 4.69) is 0 Å². The number of aliphatic hydroxyl groups excluding tert-OH is 1. The normalized spacial score (nSPS) is 16.4. The van der Waals surface area contributed by atoms with Crippen molar-refractivity contribution in [3.05, 3.63) is 92.8 Å². The third kappa shape index (κ3) is 3.72. The van der Waals surface area contributed by atoms with Gasteiger partial charge in [-0.25, -0.2) is 0 Å². The van der Waals surface area contributed by atoms with E-state index in [1.165, 1.54) is 34.4 Å². The van der Waals surface area contributed by atoms with E-state index in [-0.39, 0.29) is 29.2 Å². The molecule has 2 heterocycles. The molecular formula is C23H18ClNO4S. The molecule has 0 saturated heterocycles. The molecule has 5 nitrogen and oxygen atoms in total. The maximum atomic E-state index is 13.1. The Labute approximate surface area is 182 Å². The predicted molar refractivity (Wildman–Crippen MR) is 117 cm³/mol. The van der Waals surface area contributed by atoms with Crippen LogP contribution in [0.5, 0.6) is 5.75 Å². The molecular weight excluding hydrogens is 422 g/mol. The molecule has 1 aromatic heterocycles. The van der Waals surface area contributed by atoms with E-state index < -0.39 is 17.7 Å². The van der Waals surface area contributed by atoms with Crippen molar-refractivity contribution in [1.29, 1.82) is 0 Å². The van der Waals surface area contributed by atoms with Crippen molar-refractivity contribution in [2.24, 2.45) is 0 Å². The predicted octanol–water partition coefficient (Wildman–Crippen LogP) is 5.21. The highest BCUT2D eigenvalue weighted by Gasteiger charge is 2.45. The molecule has 1 unspecified atom stereocenters. The number of halogens is 1. The largest absolute Gasteiger partial charge is 0.506 e. The van der Waals surface area contributed by atoms with Crippen LogP contribution in [0, 0.1) is 0 Å². The molecule has 0 fully saturated rings. The van der Waals surface area contributed by atoms with Crippen molar-refractivity contribution in [2.45, 2.75) is 18.9 Å². The number of anilines is 1. The maximum absolute atomic E-state index is 13.1. The van der Waals surface area contributed by atoms with E-state index in [1.807, 2.05) is 41.8 Å². The molecule has 4 rings (SSSR count). The van der Waals surface area contributed by atoms with Crippen molar-refractivity contribution in [3.63, 3.8) is 0 Å². The van der Waals surface area contributed by atoms with E-state index >= 15 is 0 Å². The molecule has 152 valence electrons. The number of ketones is 1. The molecule has 1 amide bonds. The van der Waals surface area contributed by atoms with Crippen LogP contribution in [0.2, 0.25) is 5.02 Å². The minimum absolute atomic E-state index is 0.0396. The van der Waals surface area contributed by atoms with E-state index in [1.54, 1.807) is 6.07 Å². The Morgan fingerprint density at radius 3 is 2.53 bits per heavy atom. The lowest BCUT2D eigenvalue weighted by atomic mass is 9.97. The van der Waals surface area contributed by atoms with Crippen molar-refractivity contribution >= 4 is 40.3 Å². The van der Waals surface area contributed by atoms with E-state index in [0.29, 0.717) is 16.3 Å². The van der Waals surface area contributed by atoms with Gasteiger partial charge in [-0.3, -0.25) is 14.5 Å². The van der Waals surface area contributed by atoms with Crippen LogP contribution >= 0.6 is 22.9 Å². The summed E-state index contributed by atoms with van der Waals surface area (Å²) in [4.78, 5) is 28.0. The number of carbonyl (C=O) groups excluding carboxylic acids is 2. The number of hydrogen-bond acceptors (Lipinski definition) is 5. The lowest BCUT2D eigenvalue weighted by Crippen LogP contribution is -2.30. The third-order valence-corrected chi connectivity index (χ3v) is 6.16. The van der Waals surface area contributed by atoms with Crippen LogP contribution < -0.4 is 4.90 Å². The van der Waals surface area contributed by atoms with Gasteiger partial charge in [-0.05, 0) is 41.6 Å². The second-order valence-electron chi connectivity index (χ2n) is 6.90. The summed E-state index contributed by atoms with van der Waals surface area (Å²) in [5.41, 5.74) is 1.17. The first kappa shape index (κ1) is 20.2. The fraction of sp³-hybridized carbons (Fsp3) is 0.130. The average molecular weight is 440 g/mol. The molecule has 1 aliphatic rings. The second-order valence-corrected chi connectivity index (χ2v) is 8.31.